The molecule has 3 amide bonds. The summed E-state index contributed by atoms with van der Waals surface area (Å²) in [5, 5.41) is 3.03. The quantitative estimate of drug-likeness (QED) is 0.156. The smallest absolute Gasteiger partial charge is 0.247 e. The fourth-order valence-corrected chi connectivity index (χ4v) is 7.41. The Morgan fingerprint density at radius 1 is 0.686 bits per heavy atom. The van der Waals surface area contributed by atoms with Crippen molar-refractivity contribution in [3.05, 3.63) is 120 Å². The zero-order valence-electron chi connectivity index (χ0n) is 28.7. The van der Waals surface area contributed by atoms with Gasteiger partial charge in [0.25, 0.3) is 0 Å². The summed E-state index contributed by atoms with van der Waals surface area (Å²) in [4.78, 5) is 64.7. The molecule has 7 rings (SSSR count). The van der Waals surface area contributed by atoms with Crippen LogP contribution in [-0.4, -0.2) is 68.4 Å². The number of ketones is 1. The Bertz CT molecular complexity index is 2030. The van der Waals surface area contributed by atoms with E-state index < -0.39 is 6.04 Å². The number of amides is 3. The third kappa shape index (κ3) is 8.09. The predicted molar refractivity (Wildman–Crippen MR) is 198 cm³/mol. The number of rotatable bonds is 12. The largest absolute Gasteiger partial charge is 0.338 e. The molecule has 2 fully saturated rings. The Kier molecular flexibility index (Phi) is 10.3. The van der Waals surface area contributed by atoms with E-state index in [1.807, 2.05) is 103 Å². The number of Topliss-reactive ketones (excluding diaryl/α,β-unsaturated/α-hetero) is 1. The molecule has 2 N–H and O–H groups in total. The van der Waals surface area contributed by atoms with Crippen LogP contribution in [-0.2, 0) is 38.4 Å². The number of hydrogen-bond donors (Lipinski definition) is 2. The molecule has 1 aromatic heterocycles. The first-order valence-corrected chi connectivity index (χ1v) is 18.0. The Balaban J connectivity index is 0.967. The number of H-pyrrole nitrogens is 1. The van der Waals surface area contributed by atoms with Crippen molar-refractivity contribution in [3.63, 3.8) is 0 Å². The van der Waals surface area contributed by atoms with E-state index in [1.54, 1.807) is 9.80 Å². The van der Waals surface area contributed by atoms with E-state index in [4.69, 9.17) is 4.98 Å². The number of aryl methyl sites for hydroxylation is 2. The van der Waals surface area contributed by atoms with Crippen LogP contribution in [0.2, 0.25) is 0 Å². The number of aromatic nitrogens is 2. The number of likely N-dealkylation sites (tertiary alicyclic amines) is 2. The lowest BCUT2D eigenvalue weighted by Gasteiger charge is -2.24. The molecule has 9 heteroatoms. The summed E-state index contributed by atoms with van der Waals surface area (Å²) >= 11 is 0. The molecule has 0 spiro atoms. The lowest BCUT2D eigenvalue weighted by Crippen LogP contribution is -2.43. The molecule has 0 aliphatic carbocycles. The average molecular weight is 682 g/mol. The van der Waals surface area contributed by atoms with Crippen molar-refractivity contribution in [3.8, 4) is 11.4 Å². The van der Waals surface area contributed by atoms with Crippen LogP contribution < -0.4 is 5.32 Å². The summed E-state index contributed by atoms with van der Waals surface area (Å²) in [6.07, 6.45) is 5.30. The minimum atomic E-state index is -0.493. The van der Waals surface area contributed by atoms with Crippen molar-refractivity contribution >= 4 is 40.2 Å². The molecular formula is C42H43N5O4. The van der Waals surface area contributed by atoms with E-state index in [1.165, 1.54) is 0 Å². The van der Waals surface area contributed by atoms with Gasteiger partial charge in [-0.2, -0.15) is 0 Å². The summed E-state index contributed by atoms with van der Waals surface area (Å²) in [7, 11) is 0. The van der Waals surface area contributed by atoms with Gasteiger partial charge in [0, 0.05) is 43.6 Å². The third-order valence-corrected chi connectivity index (χ3v) is 10.1. The van der Waals surface area contributed by atoms with Crippen LogP contribution in [0.4, 0.5) is 5.69 Å². The van der Waals surface area contributed by atoms with Gasteiger partial charge >= 0.3 is 0 Å². The number of carbonyl (C=O) groups excluding carboxylic acids is 4. The second kappa shape index (κ2) is 15.5. The molecule has 0 radical (unpaired) electrons. The molecule has 260 valence electrons. The minimum Gasteiger partial charge on any atom is -0.338 e. The second-order valence-electron chi connectivity index (χ2n) is 13.6. The Morgan fingerprint density at radius 2 is 1.31 bits per heavy atom. The SMILES string of the molecule is O=C(Cc1ccc2nc(-c3cccc(NC(=O)[C@@H]4CCCN4C(=O)CCc4ccccc4)c3)[nH]c2c1)[C@@H]1CCCN1C(=O)CCc1ccccc1. The molecule has 3 heterocycles. The Labute approximate surface area is 298 Å². The van der Waals surface area contributed by atoms with Crippen molar-refractivity contribution in [1.82, 2.24) is 19.8 Å². The van der Waals surface area contributed by atoms with E-state index >= 15 is 0 Å². The minimum absolute atomic E-state index is 0.00138. The second-order valence-corrected chi connectivity index (χ2v) is 13.6. The first-order chi connectivity index (χ1) is 24.9. The maximum Gasteiger partial charge on any atom is 0.247 e. The number of benzene rings is 4. The monoisotopic (exact) mass is 681 g/mol. The number of hydrogen-bond acceptors (Lipinski definition) is 5. The van der Waals surface area contributed by atoms with Crippen molar-refractivity contribution in [1.29, 1.82) is 0 Å². The van der Waals surface area contributed by atoms with E-state index in [0.29, 0.717) is 63.1 Å². The lowest BCUT2D eigenvalue weighted by atomic mass is 10.0. The van der Waals surface area contributed by atoms with Crippen molar-refractivity contribution in [2.45, 2.75) is 69.9 Å². The predicted octanol–water partition coefficient (Wildman–Crippen LogP) is 6.53. The topological polar surface area (TPSA) is 115 Å². The summed E-state index contributed by atoms with van der Waals surface area (Å²) in [6.45, 7) is 1.21. The zero-order valence-corrected chi connectivity index (χ0v) is 28.7. The van der Waals surface area contributed by atoms with Crippen LogP contribution in [0, 0.1) is 0 Å². The van der Waals surface area contributed by atoms with Crippen LogP contribution in [0.3, 0.4) is 0 Å². The van der Waals surface area contributed by atoms with Gasteiger partial charge in [-0.15, -0.1) is 0 Å². The molecule has 0 saturated carbocycles. The third-order valence-electron chi connectivity index (χ3n) is 10.1. The Hall–Kier alpha value is -5.57. The fraction of sp³-hybridized carbons (Fsp3) is 0.310. The lowest BCUT2D eigenvalue weighted by molar-refractivity contribution is -0.137. The fourth-order valence-electron chi connectivity index (χ4n) is 7.41. The molecule has 0 bridgehead atoms. The van der Waals surface area contributed by atoms with Crippen LogP contribution >= 0.6 is 0 Å². The highest BCUT2D eigenvalue weighted by molar-refractivity contribution is 5.98. The Morgan fingerprint density at radius 3 is 1.98 bits per heavy atom. The number of aromatic amines is 1. The maximum absolute atomic E-state index is 13.5. The van der Waals surface area contributed by atoms with Gasteiger partial charge in [0.15, 0.2) is 5.78 Å². The number of nitrogens with one attached hydrogen (secondary N) is 2. The standard InChI is InChI=1S/C42H43N5O4/c48-38(36-16-8-24-46(36)39(49)22-19-29-10-3-1-4-11-29)27-31-18-21-34-35(26-31)45-41(44-34)32-14-7-15-33(28-32)43-42(51)37-17-9-25-47(37)40(50)23-20-30-12-5-2-6-13-30/h1-7,10-15,18,21,26,28,36-37H,8-9,16-17,19-20,22-25,27H2,(H,43,51)(H,44,45)/t36-,37-/m0/s1. The van der Waals surface area contributed by atoms with Gasteiger partial charge in [0.05, 0.1) is 17.1 Å². The van der Waals surface area contributed by atoms with Crippen molar-refractivity contribution < 1.29 is 19.2 Å². The van der Waals surface area contributed by atoms with E-state index in [2.05, 4.69) is 10.3 Å². The maximum atomic E-state index is 13.5. The van der Waals surface area contributed by atoms with Gasteiger partial charge in [-0.3, -0.25) is 19.2 Å². The first kappa shape index (κ1) is 33.9. The van der Waals surface area contributed by atoms with Crippen molar-refractivity contribution in [2.24, 2.45) is 0 Å². The molecule has 0 unspecified atom stereocenters. The molecule has 2 aliphatic rings. The van der Waals surface area contributed by atoms with Gasteiger partial charge in [-0.05, 0) is 79.5 Å². The molecule has 4 aromatic carbocycles. The van der Waals surface area contributed by atoms with Crippen molar-refractivity contribution in [2.75, 3.05) is 18.4 Å². The van der Waals surface area contributed by atoms with Gasteiger partial charge < -0.3 is 20.1 Å². The number of fused-ring (bicyclic) bond motifs is 1. The van der Waals surface area contributed by atoms with E-state index in [0.717, 1.165) is 46.1 Å². The number of imidazole rings is 1. The molecule has 5 aromatic rings. The highest BCUT2D eigenvalue weighted by Gasteiger charge is 2.35. The highest BCUT2D eigenvalue weighted by Crippen LogP contribution is 2.27. The van der Waals surface area contributed by atoms with Crippen LogP contribution in [0.25, 0.3) is 22.4 Å². The summed E-state index contributed by atoms with van der Waals surface area (Å²) < 4.78 is 0. The van der Waals surface area contributed by atoms with E-state index in [-0.39, 0.29) is 36.0 Å². The summed E-state index contributed by atoms with van der Waals surface area (Å²) in [6, 6.07) is 32.3. The van der Waals surface area contributed by atoms with Gasteiger partial charge in [0.2, 0.25) is 17.7 Å². The average Bonchev–Trinajstić information content (AvgIpc) is 3.94. The highest BCUT2D eigenvalue weighted by atomic mass is 16.2. The van der Waals surface area contributed by atoms with Gasteiger partial charge in [-0.25, -0.2) is 4.98 Å². The molecule has 2 aliphatic heterocycles. The number of nitrogens with zero attached hydrogens (tertiary/aromatic N) is 3. The number of anilines is 1. The van der Waals surface area contributed by atoms with Crippen LogP contribution in [0.15, 0.2) is 103 Å². The van der Waals surface area contributed by atoms with Crippen LogP contribution in [0.1, 0.15) is 55.2 Å². The molecule has 9 nitrogen and oxygen atoms in total. The summed E-state index contributed by atoms with van der Waals surface area (Å²) in [5.74, 6) is 0.558. The zero-order chi connectivity index (χ0) is 35.2. The first-order valence-electron chi connectivity index (χ1n) is 18.0. The normalized spacial score (nSPS) is 17.2. The molecular weight excluding hydrogens is 638 g/mol. The molecule has 2 atom stereocenters. The molecule has 2 saturated heterocycles. The number of carbonyl (C=O) groups is 4. The summed E-state index contributed by atoms with van der Waals surface area (Å²) in [5.41, 5.74) is 6.11. The van der Waals surface area contributed by atoms with Gasteiger partial charge in [0.1, 0.15) is 11.9 Å². The van der Waals surface area contributed by atoms with Gasteiger partial charge in [-0.1, -0.05) is 78.9 Å². The van der Waals surface area contributed by atoms with Crippen LogP contribution in [0.5, 0.6) is 0 Å². The van der Waals surface area contributed by atoms with E-state index in [9.17, 15) is 19.2 Å². The molecule has 51 heavy (non-hydrogen) atoms.